The quantitative estimate of drug-likeness (QED) is 0.429. The third-order valence-electron chi connectivity index (χ3n) is 1.76. The van der Waals surface area contributed by atoms with Gasteiger partial charge in [0.1, 0.15) is 0 Å². The van der Waals surface area contributed by atoms with Crippen LogP contribution in [0.4, 0.5) is 0 Å². The van der Waals surface area contributed by atoms with Crippen LogP contribution in [0.5, 0.6) is 0 Å². The molecule has 0 bridgehead atoms. The molecule has 0 rings (SSSR count). The molecule has 1 amide bonds. The van der Waals surface area contributed by atoms with Crippen LogP contribution in [-0.2, 0) is 9.59 Å². The number of nitrogens with zero attached hydrogens (tertiary/aromatic N) is 1. The topological polar surface area (TPSA) is 104 Å². The van der Waals surface area contributed by atoms with Gasteiger partial charge in [0.25, 0.3) is 5.91 Å². The van der Waals surface area contributed by atoms with Crippen molar-refractivity contribution in [1.82, 2.24) is 5.06 Å². The normalized spacial score (nSPS) is 15.0. The number of hydrogen-bond donors (Lipinski definition) is 3. The Morgan fingerprint density at radius 2 is 1.71 bits per heavy atom. The van der Waals surface area contributed by atoms with Gasteiger partial charge < -0.3 is 10.8 Å². The number of carbonyl (C=O) groups excluding carboxylic acids is 1. The maximum atomic E-state index is 11.2. The van der Waals surface area contributed by atoms with E-state index < -0.39 is 24.0 Å². The molecule has 0 aliphatic carbocycles. The molecule has 2 atom stereocenters. The average Bonchev–Trinajstić information content (AvgIpc) is 2.01. The number of rotatable bonds is 4. The number of carboxylic acid groups (broad SMARTS) is 1. The second-order valence-corrected chi connectivity index (χ2v) is 3.50. The van der Waals surface area contributed by atoms with E-state index in [-0.39, 0.29) is 11.0 Å². The summed E-state index contributed by atoms with van der Waals surface area (Å²) < 4.78 is 0. The standard InChI is InChI=1S/C8H16N2O4/c1-4(2)6(8(12)13)10(14)7(11)5(3)9/h4-6,14H,9H2,1-3H3,(H,12,13). The van der Waals surface area contributed by atoms with E-state index in [0.717, 1.165) is 0 Å². The second kappa shape index (κ2) is 4.92. The van der Waals surface area contributed by atoms with Crippen LogP contribution >= 0.6 is 0 Å². The molecule has 0 aromatic carbocycles. The fourth-order valence-corrected chi connectivity index (χ4v) is 1.02. The molecule has 0 fully saturated rings. The highest BCUT2D eigenvalue weighted by Crippen LogP contribution is 2.10. The van der Waals surface area contributed by atoms with Gasteiger partial charge in [-0.15, -0.1) is 0 Å². The summed E-state index contributed by atoms with van der Waals surface area (Å²) in [6.07, 6.45) is 0. The number of aliphatic carboxylic acids is 1. The van der Waals surface area contributed by atoms with Gasteiger partial charge in [0.2, 0.25) is 0 Å². The van der Waals surface area contributed by atoms with Crippen LogP contribution in [0.25, 0.3) is 0 Å². The van der Waals surface area contributed by atoms with Crippen molar-refractivity contribution in [1.29, 1.82) is 0 Å². The lowest BCUT2D eigenvalue weighted by atomic mass is 10.0. The summed E-state index contributed by atoms with van der Waals surface area (Å²) in [5.74, 6) is -2.44. The molecule has 0 saturated carbocycles. The molecule has 0 spiro atoms. The lowest BCUT2D eigenvalue weighted by molar-refractivity contribution is -0.190. The third kappa shape index (κ3) is 2.97. The monoisotopic (exact) mass is 204 g/mol. The summed E-state index contributed by atoms with van der Waals surface area (Å²) in [7, 11) is 0. The van der Waals surface area contributed by atoms with Crippen LogP contribution in [0.3, 0.4) is 0 Å². The number of carboxylic acids is 1. The van der Waals surface area contributed by atoms with Crippen molar-refractivity contribution in [2.75, 3.05) is 0 Å². The maximum absolute atomic E-state index is 11.2. The minimum atomic E-state index is -1.26. The molecule has 0 aromatic rings. The van der Waals surface area contributed by atoms with E-state index in [9.17, 15) is 14.8 Å². The van der Waals surface area contributed by atoms with E-state index in [2.05, 4.69) is 0 Å². The Labute approximate surface area is 82.3 Å². The summed E-state index contributed by atoms with van der Waals surface area (Å²) in [6.45, 7) is 4.57. The van der Waals surface area contributed by atoms with Gasteiger partial charge in [-0.25, -0.2) is 9.86 Å². The molecule has 4 N–H and O–H groups in total. The van der Waals surface area contributed by atoms with Crippen molar-refractivity contribution in [2.24, 2.45) is 11.7 Å². The summed E-state index contributed by atoms with van der Waals surface area (Å²) in [5, 5.41) is 18.3. The third-order valence-corrected chi connectivity index (χ3v) is 1.76. The smallest absolute Gasteiger partial charge is 0.329 e. The Morgan fingerprint density at radius 1 is 1.29 bits per heavy atom. The Hall–Kier alpha value is -1.14. The minimum Gasteiger partial charge on any atom is -0.480 e. The first-order valence-electron chi connectivity index (χ1n) is 4.29. The number of nitrogens with two attached hydrogens (primary N) is 1. The SMILES string of the molecule is CC(N)C(=O)N(O)C(C(=O)O)C(C)C. The van der Waals surface area contributed by atoms with Gasteiger partial charge in [-0.3, -0.25) is 10.0 Å². The lowest BCUT2D eigenvalue weighted by Gasteiger charge is -2.26. The first-order chi connectivity index (χ1) is 6.29. The highest BCUT2D eigenvalue weighted by molar-refractivity contribution is 5.85. The fourth-order valence-electron chi connectivity index (χ4n) is 1.02. The van der Waals surface area contributed by atoms with Crippen LogP contribution in [0.15, 0.2) is 0 Å². The largest absolute Gasteiger partial charge is 0.480 e. The van der Waals surface area contributed by atoms with Crippen molar-refractivity contribution in [3.63, 3.8) is 0 Å². The molecular formula is C8H16N2O4. The first-order valence-corrected chi connectivity index (χ1v) is 4.29. The van der Waals surface area contributed by atoms with Gasteiger partial charge in [0.05, 0.1) is 6.04 Å². The van der Waals surface area contributed by atoms with Crippen LogP contribution in [-0.4, -0.2) is 39.3 Å². The predicted molar refractivity (Wildman–Crippen MR) is 48.5 cm³/mol. The molecule has 0 aliphatic rings. The molecule has 0 aliphatic heterocycles. The van der Waals surface area contributed by atoms with Crippen molar-refractivity contribution in [2.45, 2.75) is 32.9 Å². The summed E-state index contributed by atoms with van der Waals surface area (Å²) in [4.78, 5) is 21.9. The molecule has 6 nitrogen and oxygen atoms in total. The first kappa shape index (κ1) is 12.9. The van der Waals surface area contributed by atoms with E-state index >= 15 is 0 Å². The van der Waals surface area contributed by atoms with Gasteiger partial charge >= 0.3 is 5.97 Å². The zero-order valence-corrected chi connectivity index (χ0v) is 8.47. The van der Waals surface area contributed by atoms with E-state index in [0.29, 0.717) is 0 Å². The number of carbonyl (C=O) groups is 2. The van der Waals surface area contributed by atoms with E-state index in [1.807, 2.05) is 0 Å². The summed E-state index contributed by atoms with van der Waals surface area (Å²) in [5.41, 5.74) is 5.23. The van der Waals surface area contributed by atoms with Crippen molar-refractivity contribution >= 4 is 11.9 Å². The van der Waals surface area contributed by atoms with Crippen LogP contribution < -0.4 is 5.73 Å². The van der Waals surface area contributed by atoms with E-state index in [1.54, 1.807) is 13.8 Å². The molecule has 82 valence electrons. The van der Waals surface area contributed by atoms with Gasteiger partial charge in [-0.05, 0) is 12.8 Å². The van der Waals surface area contributed by atoms with E-state index in [4.69, 9.17) is 10.8 Å². The summed E-state index contributed by atoms with van der Waals surface area (Å²) in [6, 6.07) is -2.17. The molecule has 6 heteroatoms. The van der Waals surface area contributed by atoms with Gasteiger partial charge in [0, 0.05) is 0 Å². The zero-order chi connectivity index (χ0) is 11.5. The fraction of sp³-hybridized carbons (Fsp3) is 0.750. The zero-order valence-electron chi connectivity index (χ0n) is 8.47. The molecule has 0 heterocycles. The van der Waals surface area contributed by atoms with Gasteiger partial charge in [-0.2, -0.15) is 0 Å². The number of hydrogen-bond acceptors (Lipinski definition) is 4. The number of amides is 1. The molecule has 0 radical (unpaired) electrons. The second-order valence-electron chi connectivity index (χ2n) is 3.50. The number of hydroxylamine groups is 2. The van der Waals surface area contributed by atoms with Crippen molar-refractivity contribution in [3.8, 4) is 0 Å². The molecule has 0 saturated heterocycles. The Morgan fingerprint density at radius 3 is 1.93 bits per heavy atom. The van der Waals surface area contributed by atoms with Gasteiger partial charge in [0.15, 0.2) is 6.04 Å². The average molecular weight is 204 g/mol. The van der Waals surface area contributed by atoms with Gasteiger partial charge in [-0.1, -0.05) is 13.8 Å². The maximum Gasteiger partial charge on any atom is 0.329 e. The van der Waals surface area contributed by atoms with Crippen molar-refractivity contribution in [3.05, 3.63) is 0 Å². The molecular weight excluding hydrogens is 188 g/mol. The van der Waals surface area contributed by atoms with Crippen LogP contribution in [0, 0.1) is 5.92 Å². The Kier molecular flexibility index (Phi) is 4.52. The Balaban J connectivity index is 4.68. The predicted octanol–water partition coefficient (Wildman–Crippen LogP) is -0.339. The molecule has 0 aromatic heterocycles. The minimum absolute atomic E-state index is 0.192. The molecule has 2 unspecified atom stereocenters. The van der Waals surface area contributed by atoms with Crippen LogP contribution in [0.1, 0.15) is 20.8 Å². The van der Waals surface area contributed by atoms with E-state index in [1.165, 1.54) is 6.92 Å². The summed E-state index contributed by atoms with van der Waals surface area (Å²) >= 11 is 0. The van der Waals surface area contributed by atoms with Crippen LogP contribution in [0.2, 0.25) is 0 Å². The highest BCUT2D eigenvalue weighted by atomic mass is 16.5. The highest BCUT2D eigenvalue weighted by Gasteiger charge is 2.32. The molecule has 14 heavy (non-hydrogen) atoms. The Bertz CT molecular complexity index is 227. The van der Waals surface area contributed by atoms with Crippen molar-refractivity contribution < 1.29 is 19.9 Å². The lowest BCUT2D eigenvalue weighted by Crippen LogP contribution is -2.51.